The summed E-state index contributed by atoms with van der Waals surface area (Å²) in [6.45, 7) is 19.2. The van der Waals surface area contributed by atoms with E-state index in [4.69, 9.17) is 18.9 Å². The second-order valence-electron chi connectivity index (χ2n) is 24.1. The largest absolute Gasteiger partial charge is 0.497 e. The maximum absolute atomic E-state index is 13.5. The van der Waals surface area contributed by atoms with Gasteiger partial charge in [-0.05, 0) is 150 Å². The monoisotopic (exact) mass is 987 g/mol. The van der Waals surface area contributed by atoms with Gasteiger partial charge in [0.15, 0.2) is 0 Å². The van der Waals surface area contributed by atoms with E-state index in [0.29, 0.717) is 43.2 Å². The fourth-order valence-corrected chi connectivity index (χ4v) is 15.6. The van der Waals surface area contributed by atoms with Crippen LogP contribution in [0, 0.1) is 64.1 Å². The lowest BCUT2D eigenvalue weighted by Crippen LogP contribution is -2.48. The number of alkyl carbamates (subject to hydrolysis) is 1. The number of carbonyl (C=O) groups is 2. The zero-order valence-electron chi connectivity index (χ0n) is 45.5. The predicted octanol–water partition coefficient (Wildman–Crippen LogP) is 13.4. The molecule has 394 valence electrons. The molecule has 8 rings (SSSR count). The summed E-state index contributed by atoms with van der Waals surface area (Å²) in [5.41, 5.74) is 3.90. The van der Waals surface area contributed by atoms with Crippen molar-refractivity contribution in [2.24, 2.45) is 64.1 Å². The summed E-state index contributed by atoms with van der Waals surface area (Å²) in [5.74, 6) is 7.33. The molecule has 72 heavy (non-hydrogen) atoms. The standard InChI is InChI=1S/C63H90N2O7/c1-42(2)17-16-18-43(3)55-32-33-56-54-31-26-50-38-53(34-35-61(50,6)59(54)44(4)37-45(5)62(55,56)7)72-60(68)64-36-15-11-14-21-58(67)65-39-46(57(66)40-65)41-71-63(47-19-12-10-13-20-47,48-22-27-51(69-8)28-23-48)49-24-29-52(70-9)30-25-49/h10,12-13,19-20,22-30,42-46,53-57,59,66H,11,14-18,21,31-41H2,1-9H3,(H,64,68)/t43?,44-,45-,46?,53+,54?,55-,56?,57?,59?,61+,62-/m1/s1. The van der Waals surface area contributed by atoms with Crippen LogP contribution in [-0.2, 0) is 19.9 Å². The predicted molar refractivity (Wildman–Crippen MR) is 288 cm³/mol. The fourth-order valence-electron chi connectivity index (χ4n) is 15.6. The number of amides is 2. The Morgan fingerprint density at radius 3 is 2.14 bits per heavy atom. The van der Waals surface area contributed by atoms with E-state index in [1.165, 1.54) is 44.9 Å². The van der Waals surface area contributed by atoms with Gasteiger partial charge < -0.3 is 34.3 Å². The molecule has 9 nitrogen and oxygen atoms in total. The minimum atomic E-state index is -1.01. The zero-order valence-corrected chi connectivity index (χ0v) is 45.5. The van der Waals surface area contributed by atoms with Gasteiger partial charge in [-0.2, -0.15) is 0 Å². The molecule has 3 aromatic rings. The first-order valence-electron chi connectivity index (χ1n) is 28.2. The second kappa shape index (κ2) is 23.5. The van der Waals surface area contributed by atoms with Crippen molar-refractivity contribution in [1.82, 2.24) is 10.2 Å². The van der Waals surface area contributed by atoms with Crippen molar-refractivity contribution < 1.29 is 33.6 Å². The molecule has 0 spiro atoms. The lowest BCUT2D eigenvalue weighted by atomic mass is 9.51. The summed E-state index contributed by atoms with van der Waals surface area (Å²) in [4.78, 5) is 28.5. The number of β-amino-alcohol motifs (C(OH)–C–C–N with tert-alkyl or cyclic N) is 1. The van der Waals surface area contributed by atoms with Crippen molar-refractivity contribution in [3.63, 3.8) is 0 Å². The number of aliphatic hydroxyl groups excluding tert-OH is 1. The number of methoxy groups -OCH3 is 2. The number of rotatable bonds is 20. The number of ether oxygens (including phenoxy) is 4. The average Bonchev–Trinajstić information content (AvgIpc) is 3.92. The third-order valence-corrected chi connectivity index (χ3v) is 19.5. The van der Waals surface area contributed by atoms with Gasteiger partial charge in [0.05, 0.1) is 26.9 Å². The maximum Gasteiger partial charge on any atom is 0.407 e. The summed E-state index contributed by atoms with van der Waals surface area (Å²) in [6, 6.07) is 25.9. The highest BCUT2D eigenvalue weighted by atomic mass is 16.6. The van der Waals surface area contributed by atoms with Crippen molar-refractivity contribution >= 4 is 12.0 Å². The van der Waals surface area contributed by atoms with Crippen molar-refractivity contribution in [3.8, 4) is 11.5 Å². The first-order chi connectivity index (χ1) is 34.6. The van der Waals surface area contributed by atoms with Crippen LogP contribution in [0.5, 0.6) is 11.5 Å². The normalized spacial score (nSPS) is 30.6. The third-order valence-electron chi connectivity index (χ3n) is 19.5. The highest BCUT2D eigenvalue weighted by Gasteiger charge is 2.61. The molecule has 6 unspecified atom stereocenters. The van der Waals surface area contributed by atoms with Gasteiger partial charge in [-0.25, -0.2) is 4.79 Å². The number of allylic oxidation sites excluding steroid dienone is 1. The van der Waals surface area contributed by atoms with Crippen LogP contribution in [-0.4, -0.2) is 74.7 Å². The van der Waals surface area contributed by atoms with E-state index in [2.05, 4.69) is 72.0 Å². The SMILES string of the molecule is COc1ccc(C(OCC2CN(C(=O)CCCCCNC(=O)O[C@H]3CC[C@@]4(C)C(=CCC5C6CC[C@H](C(C)CCCC(C)C)[C@@]6(C)[C@H](C)C[C@@H](C)C54)C3)CC2O)(c2ccccc2)c2ccc(OC)cc2)cc1. The molecule has 0 bridgehead atoms. The van der Waals surface area contributed by atoms with E-state index < -0.39 is 11.7 Å². The number of benzene rings is 3. The van der Waals surface area contributed by atoms with Gasteiger partial charge in [-0.3, -0.25) is 4.79 Å². The van der Waals surface area contributed by atoms with E-state index >= 15 is 0 Å². The zero-order chi connectivity index (χ0) is 51.2. The molecule has 0 aromatic heterocycles. The van der Waals surface area contributed by atoms with E-state index in [1.807, 2.05) is 66.7 Å². The Bertz CT molecular complexity index is 2220. The first-order valence-corrected chi connectivity index (χ1v) is 28.2. The Morgan fingerprint density at radius 1 is 0.819 bits per heavy atom. The van der Waals surface area contributed by atoms with Gasteiger partial charge in [0.2, 0.25) is 5.91 Å². The highest BCUT2D eigenvalue weighted by molar-refractivity contribution is 5.76. The number of aliphatic hydroxyl groups is 1. The van der Waals surface area contributed by atoms with Crippen LogP contribution in [0.3, 0.4) is 0 Å². The van der Waals surface area contributed by atoms with Gasteiger partial charge in [-0.15, -0.1) is 0 Å². The third kappa shape index (κ3) is 11.2. The molecule has 2 amide bonds. The van der Waals surface area contributed by atoms with E-state index in [1.54, 1.807) is 24.7 Å². The lowest BCUT2D eigenvalue weighted by molar-refractivity contribution is -0.130. The molecule has 9 heteroatoms. The van der Waals surface area contributed by atoms with Crippen molar-refractivity contribution in [3.05, 3.63) is 107 Å². The maximum atomic E-state index is 13.5. The summed E-state index contributed by atoms with van der Waals surface area (Å²) >= 11 is 0. The van der Waals surface area contributed by atoms with Gasteiger partial charge >= 0.3 is 6.09 Å². The van der Waals surface area contributed by atoms with Gasteiger partial charge in [0, 0.05) is 38.4 Å². The molecule has 12 atom stereocenters. The average molecular weight is 987 g/mol. The molecular weight excluding hydrogens is 897 g/mol. The molecule has 4 fully saturated rings. The molecule has 5 aliphatic rings. The molecular formula is C63H90N2O7. The van der Waals surface area contributed by atoms with Crippen LogP contribution in [0.2, 0.25) is 0 Å². The van der Waals surface area contributed by atoms with E-state index in [0.717, 1.165) is 95.8 Å². The van der Waals surface area contributed by atoms with Crippen LogP contribution in [0.25, 0.3) is 0 Å². The Balaban J connectivity index is 0.792. The van der Waals surface area contributed by atoms with Crippen molar-refractivity contribution in [1.29, 1.82) is 0 Å². The van der Waals surface area contributed by atoms with Crippen molar-refractivity contribution in [2.75, 3.05) is 40.5 Å². The van der Waals surface area contributed by atoms with Gasteiger partial charge in [0.25, 0.3) is 0 Å². The number of carbonyl (C=O) groups excluding carboxylic acids is 2. The van der Waals surface area contributed by atoms with Crippen LogP contribution in [0.15, 0.2) is 90.5 Å². The molecule has 1 aliphatic heterocycles. The summed E-state index contributed by atoms with van der Waals surface area (Å²) < 4.78 is 24.2. The first kappa shape index (κ1) is 53.9. The Morgan fingerprint density at radius 2 is 1.49 bits per heavy atom. The summed E-state index contributed by atoms with van der Waals surface area (Å²) in [5, 5.41) is 14.4. The number of hydrogen-bond donors (Lipinski definition) is 2. The molecule has 3 saturated carbocycles. The molecule has 1 saturated heterocycles. The minimum Gasteiger partial charge on any atom is -0.497 e. The Labute approximate surface area is 433 Å². The Hall–Kier alpha value is -4.34. The number of fused-ring (bicyclic) bond motifs is 5. The molecule has 1 heterocycles. The lowest BCUT2D eigenvalue weighted by Gasteiger charge is -2.54. The highest BCUT2D eigenvalue weighted by Crippen LogP contribution is 2.68. The second-order valence-corrected chi connectivity index (χ2v) is 24.1. The number of nitrogens with zero attached hydrogens (tertiary/aromatic N) is 1. The molecule has 4 aliphatic carbocycles. The van der Waals surface area contributed by atoms with Crippen molar-refractivity contribution in [2.45, 2.75) is 156 Å². The fraction of sp³-hybridized carbons (Fsp3) is 0.651. The summed E-state index contributed by atoms with van der Waals surface area (Å²) in [7, 11) is 3.30. The van der Waals surface area contributed by atoms with E-state index in [9.17, 15) is 14.7 Å². The number of likely N-dealkylation sites (tertiary alicyclic amines) is 1. The Kier molecular flexibility index (Phi) is 17.6. The number of nitrogens with one attached hydrogen (secondary N) is 1. The quantitative estimate of drug-likeness (QED) is 0.0660. The summed E-state index contributed by atoms with van der Waals surface area (Å²) in [6.07, 6.45) is 16.4. The molecule has 3 aromatic carbocycles. The van der Waals surface area contributed by atoms with Crippen LogP contribution in [0.4, 0.5) is 4.79 Å². The van der Waals surface area contributed by atoms with Gasteiger partial charge in [0.1, 0.15) is 23.2 Å². The van der Waals surface area contributed by atoms with E-state index in [-0.39, 0.29) is 42.6 Å². The topological polar surface area (TPSA) is 107 Å². The van der Waals surface area contributed by atoms with Gasteiger partial charge in [-0.1, -0.05) is 140 Å². The van der Waals surface area contributed by atoms with Crippen LogP contribution >= 0.6 is 0 Å². The number of hydrogen-bond acceptors (Lipinski definition) is 7. The number of unbranched alkanes of at least 4 members (excludes halogenated alkanes) is 2. The van der Waals surface area contributed by atoms with Crippen LogP contribution in [0.1, 0.15) is 155 Å². The smallest absolute Gasteiger partial charge is 0.407 e. The van der Waals surface area contributed by atoms with Crippen LogP contribution < -0.4 is 14.8 Å². The minimum absolute atomic E-state index is 0.0347. The molecule has 0 radical (unpaired) electrons. The molecule has 2 N–H and O–H groups in total.